The molecule has 0 radical (unpaired) electrons. The van der Waals surface area contributed by atoms with Crippen LogP contribution in [0.15, 0.2) is 11.7 Å². The summed E-state index contributed by atoms with van der Waals surface area (Å²) >= 11 is 0. The molecule has 0 bridgehead atoms. The van der Waals surface area contributed by atoms with Gasteiger partial charge in [0.15, 0.2) is 11.1 Å². The van der Waals surface area contributed by atoms with Crippen molar-refractivity contribution in [3.63, 3.8) is 0 Å². The van der Waals surface area contributed by atoms with Crippen molar-refractivity contribution in [2.45, 2.75) is 27.7 Å². The van der Waals surface area contributed by atoms with E-state index in [1.165, 1.54) is 0 Å². The third kappa shape index (κ3) is 2.98. The van der Waals surface area contributed by atoms with Crippen LogP contribution in [0.25, 0.3) is 0 Å². The Bertz CT molecular complexity index is 339. The van der Waals surface area contributed by atoms with Gasteiger partial charge in [-0.05, 0) is 38.9 Å². The summed E-state index contributed by atoms with van der Waals surface area (Å²) in [6, 6.07) is 2.07. The molecule has 0 aromatic carbocycles. The van der Waals surface area contributed by atoms with Gasteiger partial charge in [0.25, 0.3) is 0 Å². The van der Waals surface area contributed by atoms with E-state index in [2.05, 4.69) is 11.7 Å². The molecular weight excluding hydrogens is 220 g/mol. The molecule has 0 aliphatic heterocycles. The Balaban J connectivity index is 3.14. The van der Waals surface area contributed by atoms with E-state index < -0.39 is 8.64 Å². The van der Waals surface area contributed by atoms with Gasteiger partial charge in [-0.3, -0.25) is 0 Å². The Hall–Kier alpha value is -1.03. The highest BCUT2D eigenvalue weighted by Crippen LogP contribution is 2.29. The first kappa shape index (κ1) is 13.0. The highest BCUT2D eigenvalue weighted by atomic mass is 28.3. The molecule has 0 saturated heterocycles. The molecular formula is C12H20O3Si. The molecule has 3 nitrogen and oxygen atoms in total. The smallest absolute Gasteiger partial charge is 0.312 e. The van der Waals surface area contributed by atoms with Gasteiger partial charge in [0.2, 0.25) is 0 Å². The molecule has 16 heavy (non-hydrogen) atoms. The normalized spacial score (nSPS) is 10.0. The largest absolute Gasteiger partial charge is 0.546 e. The molecule has 0 unspecified atom stereocenters. The van der Waals surface area contributed by atoms with E-state index in [0.717, 1.165) is 16.7 Å². The van der Waals surface area contributed by atoms with Crippen molar-refractivity contribution in [2.75, 3.05) is 19.8 Å². The SMILES string of the molecule is CCOc1c(C)cc[si](OCC)c1OCC. The van der Waals surface area contributed by atoms with E-state index in [-0.39, 0.29) is 0 Å². The third-order valence-electron chi connectivity index (χ3n) is 2.15. The lowest BCUT2D eigenvalue weighted by molar-refractivity contribution is 0.286. The zero-order valence-corrected chi connectivity index (χ0v) is 11.5. The molecule has 0 N–H and O–H groups in total. The van der Waals surface area contributed by atoms with Gasteiger partial charge in [-0.1, -0.05) is 6.07 Å². The van der Waals surface area contributed by atoms with Crippen molar-refractivity contribution in [3.8, 4) is 11.1 Å². The second kappa shape index (κ2) is 6.53. The van der Waals surface area contributed by atoms with Gasteiger partial charge in [-0.2, -0.15) is 0 Å². The Morgan fingerprint density at radius 1 is 1.06 bits per heavy atom. The molecule has 0 amide bonds. The zero-order chi connectivity index (χ0) is 12.0. The topological polar surface area (TPSA) is 27.7 Å². The zero-order valence-electron chi connectivity index (χ0n) is 10.5. The van der Waals surface area contributed by atoms with E-state index in [4.69, 9.17) is 13.9 Å². The molecule has 0 aliphatic rings. The summed E-state index contributed by atoms with van der Waals surface area (Å²) in [5, 5.41) is 0.899. The first-order valence-electron chi connectivity index (χ1n) is 5.76. The molecule has 0 fully saturated rings. The summed E-state index contributed by atoms with van der Waals surface area (Å²) in [6.07, 6.45) is 0. The molecule has 0 spiro atoms. The number of hydrogen-bond acceptors (Lipinski definition) is 3. The van der Waals surface area contributed by atoms with Gasteiger partial charge in [0.1, 0.15) is 0 Å². The number of aryl methyl sites for hydroxylation is 1. The van der Waals surface area contributed by atoms with Crippen LogP contribution in [0.4, 0.5) is 0 Å². The van der Waals surface area contributed by atoms with Crippen molar-refractivity contribution < 1.29 is 13.9 Å². The number of hydrogen-bond donors (Lipinski definition) is 0. The van der Waals surface area contributed by atoms with Crippen LogP contribution in [-0.4, -0.2) is 28.5 Å². The third-order valence-corrected chi connectivity index (χ3v) is 4.04. The van der Waals surface area contributed by atoms with Gasteiger partial charge >= 0.3 is 8.64 Å². The maximum Gasteiger partial charge on any atom is 0.312 e. The minimum atomic E-state index is -1.17. The van der Waals surface area contributed by atoms with Gasteiger partial charge in [0.05, 0.1) is 19.8 Å². The van der Waals surface area contributed by atoms with E-state index in [1.807, 2.05) is 27.7 Å². The van der Waals surface area contributed by atoms with Crippen LogP contribution in [0.2, 0.25) is 0 Å². The molecule has 0 atom stereocenters. The molecule has 4 heteroatoms. The highest BCUT2D eigenvalue weighted by Gasteiger charge is 2.15. The Morgan fingerprint density at radius 2 is 1.75 bits per heavy atom. The highest BCUT2D eigenvalue weighted by molar-refractivity contribution is 6.50. The lowest BCUT2D eigenvalue weighted by Crippen LogP contribution is -2.17. The fraction of sp³-hybridized carbons (Fsp3) is 0.583. The summed E-state index contributed by atoms with van der Waals surface area (Å²) in [4.78, 5) is 0. The van der Waals surface area contributed by atoms with Crippen LogP contribution >= 0.6 is 0 Å². The Labute approximate surface area is 99.0 Å². The van der Waals surface area contributed by atoms with Gasteiger partial charge in [0, 0.05) is 0 Å². The molecule has 90 valence electrons. The van der Waals surface area contributed by atoms with Crippen LogP contribution in [0.1, 0.15) is 26.3 Å². The van der Waals surface area contributed by atoms with E-state index in [0.29, 0.717) is 19.8 Å². The monoisotopic (exact) mass is 240 g/mol. The van der Waals surface area contributed by atoms with E-state index in [1.54, 1.807) is 0 Å². The standard InChI is InChI=1S/C12H20O3Si/c1-5-13-11-10(4)8-9-16(15-7-3)12(11)14-6-2/h8-9H,5-7H2,1-4H3. The van der Waals surface area contributed by atoms with Crippen LogP contribution in [0.5, 0.6) is 11.1 Å². The molecule has 1 heterocycles. The van der Waals surface area contributed by atoms with E-state index >= 15 is 0 Å². The maximum absolute atomic E-state index is 5.71. The first-order valence-corrected chi connectivity index (χ1v) is 7.25. The predicted molar refractivity (Wildman–Crippen MR) is 66.6 cm³/mol. The maximum atomic E-state index is 5.71. The average molecular weight is 240 g/mol. The fourth-order valence-electron chi connectivity index (χ4n) is 1.52. The Kier molecular flexibility index (Phi) is 5.32. The summed E-state index contributed by atoms with van der Waals surface area (Å²) < 4.78 is 17.0. The van der Waals surface area contributed by atoms with Crippen molar-refractivity contribution in [2.24, 2.45) is 0 Å². The van der Waals surface area contributed by atoms with Gasteiger partial charge < -0.3 is 13.9 Å². The summed E-state index contributed by atoms with van der Waals surface area (Å²) in [7, 11) is -1.17. The summed E-state index contributed by atoms with van der Waals surface area (Å²) in [6.45, 7) is 10.00. The quantitative estimate of drug-likeness (QED) is 0.714. The van der Waals surface area contributed by atoms with Gasteiger partial charge in [-0.15, -0.1) is 0 Å². The molecule has 0 saturated carbocycles. The van der Waals surface area contributed by atoms with Crippen molar-refractivity contribution >= 4 is 8.64 Å². The fourth-order valence-corrected chi connectivity index (χ4v) is 3.39. The molecule has 0 aliphatic carbocycles. The summed E-state index contributed by atoms with van der Waals surface area (Å²) in [5.74, 6) is 0.870. The van der Waals surface area contributed by atoms with Crippen LogP contribution in [0, 0.1) is 6.92 Å². The van der Waals surface area contributed by atoms with Crippen LogP contribution in [0.3, 0.4) is 0 Å². The minimum Gasteiger partial charge on any atom is -0.546 e. The van der Waals surface area contributed by atoms with E-state index in [9.17, 15) is 0 Å². The van der Waals surface area contributed by atoms with Crippen molar-refractivity contribution in [3.05, 3.63) is 17.3 Å². The minimum absolute atomic E-state index is 0.647. The lowest BCUT2D eigenvalue weighted by atomic mass is 10.3. The average Bonchev–Trinajstić information content (AvgIpc) is 2.27. The van der Waals surface area contributed by atoms with Crippen molar-refractivity contribution in [1.29, 1.82) is 0 Å². The van der Waals surface area contributed by atoms with Gasteiger partial charge in [-0.25, -0.2) is 0 Å². The van der Waals surface area contributed by atoms with Crippen LogP contribution < -0.4 is 13.9 Å². The summed E-state index contributed by atoms with van der Waals surface area (Å²) in [5.41, 5.74) is 3.22. The Morgan fingerprint density at radius 3 is 2.31 bits per heavy atom. The molecule has 1 aromatic rings. The lowest BCUT2D eigenvalue weighted by Gasteiger charge is -2.16. The number of ether oxygens (including phenoxy) is 2. The van der Waals surface area contributed by atoms with Crippen LogP contribution in [-0.2, 0) is 0 Å². The number of rotatable bonds is 6. The second-order valence-electron chi connectivity index (χ2n) is 3.34. The first-order chi connectivity index (χ1) is 7.74. The van der Waals surface area contributed by atoms with Crippen molar-refractivity contribution in [1.82, 2.24) is 0 Å². The second-order valence-corrected chi connectivity index (χ2v) is 5.14. The molecule has 1 rings (SSSR count). The predicted octanol–water partition coefficient (Wildman–Crippen LogP) is 2.27. The molecule has 1 aromatic heterocycles.